The molecular formula is C20H25F3N2O. The third-order valence-electron chi connectivity index (χ3n) is 5.98. The molecule has 0 radical (unpaired) electrons. The van der Waals surface area contributed by atoms with Crippen molar-refractivity contribution in [3.63, 3.8) is 0 Å². The molecule has 0 aromatic heterocycles. The minimum Gasteiger partial charge on any atom is -0.358 e. The molecule has 1 aliphatic carbocycles. The van der Waals surface area contributed by atoms with Gasteiger partial charge in [0.25, 0.3) is 0 Å². The molecule has 3 nitrogen and oxygen atoms in total. The Labute approximate surface area is 152 Å². The summed E-state index contributed by atoms with van der Waals surface area (Å²) in [5, 5.41) is 8.93. The van der Waals surface area contributed by atoms with Gasteiger partial charge >= 0.3 is 6.18 Å². The Morgan fingerprint density at radius 1 is 1.19 bits per heavy atom. The number of nitriles is 1. The number of halogens is 3. The van der Waals surface area contributed by atoms with Crippen molar-refractivity contribution in [1.82, 2.24) is 4.90 Å². The van der Waals surface area contributed by atoms with Crippen LogP contribution in [0.5, 0.6) is 0 Å². The second-order valence-electron chi connectivity index (χ2n) is 8.05. The lowest BCUT2D eigenvalue weighted by Crippen LogP contribution is -2.72. The molecule has 0 bridgehead atoms. The van der Waals surface area contributed by atoms with E-state index in [9.17, 15) is 13.2 Å². The maximum absolute atomic E-state index is 13.6. The molecular weight excluding hydrogens is 341 g/mol. The van der Waals surface area contributed by atoms with Gasteiger partial charge in [-0.3, -0.25) is 4.90 Å². The predicted octanol–water partition coefficient (Wildman–Crippen LogP) is 4.68. The van der Waals surface area contributed by atoms with Crippen molar-refractivity contribution in [3.05, 3.63) is 35.9 Å². The third-order valence-corrected chi connectivity index (χ3v) is 5.98. The second kappa shape index (κ2) is 7.21. The molecule has 1 saturated carbocycles. The zero-order valence-electron chi connectivity index (χ0n) is 15.1. The molecule has 1 aromatic carbocycles. The van der Waals surface area contributed by atoms with Gasteiger partial charge in [0.15, 0.2) is 5.60 Å². The number of rotatable bonds is 5. The topological polar surface area (TPSA) is 36.3 Å². The predicted molar refractivity (Wildman–Crippen MR) is 92.2 cm³/mol. The molecule has 0 amide bonds. The first kappa shape index (κ1) is 19.2. The average molecular weight is 366 g/mol. The number of alkyl halides is 3. The molecule has 1 heterocycles. The Kier molecular flexibility index (Phi) is 5.32. The lowest BCUT2D eigenvalue weighted by atomic mass is 9.71. The van der Waals surface area contributed by atoms with Crippen LogP contribution in [0.4, 0.5) is 13.2 Å². The van der Waals surface area contributed by atoms with Gasteiger partial charge in [-0.2, -0.15) is 18.4 Å². The lowest BCUT2D eigenvalue weighted by molar-refractivity contribution is -0.327. The van der Waals surface area contributed by atoms with E-state index in [1.165, 1.54) is 0 Å². The molecule has 2 fully saturated rings. The molecule has 1 aromatic rings. The van der Waals surface area contributed by atoms with Crippen LogP contribution >= 0.6 is 0 Å². The molecule has 26 heavy (non-hydrogen) atoms. The molecule has 1 aliphatic heterocycles. The van der Waals surface area contributed by atoms with E-state index in [2.05, 4.69) is 13.0 Å². The van der Waals surface area contributed by atoms with Crippen molar-refractivity contribution in [1.29, 1.82) is 5.26 Å². The standard InChI is InChI=1S/C20H25F3N2O/c1-18(11-12-24)9-7-17(8-10-18)25-14-19(15-25,20(21,22)23)26-13-16-5-3-2-4-6-16/h2-6,17H,7-11,13-15H2,1H3/t17-,18-. The number of hydrogen-bond acceptors (Lipinski definition) is 3. The minimum atomic E-state index is -4.37. The van der Waals surface area contributed by atoms with Gasteiger partial charge in [0.2, 0.25) is 0 Å². The van der Waals surface area contributed by atoms with Gasteiger partial charge in [0, 0.05) is 25.6 Å². The van der Waals surface area contributed by atoms with Crippen molar-refractivity contribution in [2.75, 3.05) is 13.1 Å². The van der Waals surface area contributed by atoms with Crippen molar-refractivity contribution in [2.24, 2.45) is 5.41 Å². The SMILES string of the molecule is C[C@]1(CC#N)CC[C@H](N2CC(OCc3ccccc3)(C(F)(F)F)C2)CC1. The summed E-state index contributed by atoms with van der Waals surface area (Å²) in [4.78, 5) is 1.91. The van der Waals surface area contributed by atoms with E-state index >= 15 is 0 Å². The molecule has 0 unspecified atom stereocenters. The highest BCUT2D eigenvalue weighted by Crippen LogP contribution is 2.46. The van der Waals surface area contributed by atoms with Crippen molar-refractivity contribution >= 4 is 0 Å². The molecule has 0 atom stereocenters. The van der Waals surface area contributed by atoms with E-state index < -0.39 is 11.8 Å². The van der Waals surface area contributed by atoms with Crippen LogP contribution in [0.25, 0.3) is 0 Å². The minimum absolute atomic E-state index is 0.0149. The highest BCUT2D eigenvalue weighted by atomic mass is 19.4. The van der Waals surface area contributed by atoms with Gasteiger partial charge in [0.05, 0.1) is 12.7 Å². The Bertz CT molecular complexity index is 639. The molecule has 0 N–H and O–H groups in total. The summed E-state index contributed by atoms with van der Waals surface area (Å²) < 4.78 is 46.3. The first-order valence-corrected chi connectivity index (χ1v) is 9.13. The first-order chi connectivity index (χ1) is 12.3. The van der Waals surface area contributed by atoms with Crippen LogP contribution in [0.2, 0.25) is 0 Å². The number of likely N-dealkylation sites (tertiary alicyclic amines) is 1. The van der Waals surface area contributed by atoms with Crippen LogP contribution in [0.15, 0.2) is 30.3 Å². The Hall–Kier alpha value is -1.58. The molecule has 3 rings (SSSR count). The van der Waals surface area contributed by atoms with E-state index in [0.29, 0.717) is 6.42 Å². The maximum atomic E-state index is 13.6. The third kappa shape index (κ3) is 3.89. The summed E-state index contributed by atoms with van der Waals surface area (Å²) in [6.45, 7) is 1.89. The molecule has 0 spiro atoms. The molecule has 142 valence electrons. The van der Waals surface area contributed by atoms with Crippen LogP contribution in [0.1, 0.15) is 44.6 Å². The van der Waals surface area contributed by atoms with Gasteiger partial charge in [-0.15, -0.1) is 0 Å². The second-order valence-corrected chi connectivity index (χ2v) is 8.05. The van der Waals surface area contributed by atoms with Gasteiger partial charge < -0.3 is 4.74 Å². The van der Waals surface area contributed by atoms with Gasteiger partial charge in [0.1, 0.15) is 0 Å². The number of benzene rings is 1. The Balaban J connectivity index is 1.57. The van der Waals surface area contributed by atoms with E-state index in [1.807, 2.05) is 11.0 Å². The van der Waals surface area contributed by atoms with Gasteiger partial charge in [-0.25, -0.2) is 0 Å². The number of nitrogens with zero attached hydrogens (tertiary/aromatic N) is 2. The van der Waals surface area contributed by atoms with Crippen LogP contribution in [0, 0.1) is 16.7 Å². The quantitative estimate of drug-likeness (QED) is 0.759. The van der Waals surface area contributed by atoms with Gasteiger partial charge in [-0.05, 0) is 36.7 Å². The number of ether oxygens (including phenoxy) is 1. The van der Waals surface area contributed by atoms with Crippen LogP contribution < -0.4 is 0 Å². The highest BCUT2D eigenvalue weighted by Gasteiger charge is 2.64. The largest absolute Gasteiger partial charge is 0.419 e. The summed E-state index contributed by atoms with van der Waals surface area (Å²) in [6.07, 6.45) is -0.360. The Morgan fingerprint density at radius 2 is 1.81 bits per heavy atom. The molecule has 2 aliphatic rings. The summed E-state index contributed by atoms with van der Waals surface area (Å²) in [5.41, 5.74) is -1.29. The smallest absolute Gasteiger partial charge is 0.358 e. The first-order valence-electron chi connectivity index (χ1n) is 9.13. The van der Waals surface area contributed by atoms with Crippen molar-refractivity contribution < 1.29 is 17.9 Å². The van der Waals surface area contributed by atoms with Crippen LogP contribution in [0.3, 0.4) is 0 Å². The van der Waals surface area contributed by atoms with E-state index in [0.717, 1.165) is 31.2 Å². The van der Waals surface area contributed by atoms with E-state index in [4.69, 9.17) is 10.00 Å². The zero-order valence-corrected chi connectivity index (χ0v) is 15.1. The van der Waals surface area contributed by atoms with Crippen LogP contribution in [-0.4, -0.2) is 35.8 Å². The molecule has 1 saturated heterocycles. The van der Waals surface area contributed by atoms with E-state index in [-0.39, 0.29) is 31.2 Å². The average Bonchev–Trinajstić information content (AvgIpc) is 2.55. The monoisotopic (exact) mass is 366 g/mol. The van der Waals surface area contributed by atoms with Crippen molar-refractivity contribution in [3.8, 4) is 6.07 Å². The summed E-state index contributed by atoms with van der Waals surface area (Å²) in [6, 6.07) is 11.4. The van der Waals surface area contributed by atoms with E-state index in [1.54, 1.807) is 24.3 Å². The highest BCUT2D eigenvalue weighted by molar-refractivity contribution is 5.14. The summed E-state index contributed by atoms with van der Waals surface area (Å²) >= 11 is 0. The zero-order chi connectivity index (χ0) is 18.8. The number of hydrogen-bond donors (Lipinski definition) is 0. The fraction of sp³-hybridized carbons (Fsp3) is 0.650. The summed E-state index contributed by atoms with van der Waals surface area (Å²) in [7, 11) is 0. The molecule has 6 heteroatoms. The lowest BCUT2D eigenvalue weighted by Gasteiger charge is -2.54. The fourth-order valence-corrected chi connectivity index (χ4v) is 4.05. The van der Waals surface area contributed by atoms with Gasteiger partial charge in [-0.1, -0.05) is 37.3 Å². The Morgan fingerprint density at radius 3 is 2.35 bits per heavy atom. The van der Waals surface area contributed by atoms with Crippen molar-refractivity contribution in [2.45, 2.75) is 63.5 Å². The van der Waals surface area contributed by atoms with Crippen LogP contribution in [-0.2, 0) is 11.3 Å². The maximum Gasteiger partial charge on any atom is 0.419 e. The normalized spacial score (nSPS) is 29.0. The summed E-state index contributed by atoms with van der Waals surface area (Å²) in [5.74, 6) is 0. The fourth-order valence-electron chi connectivity index (χ4n) is 4.05.